The maximum Gasteiger partial charge on any atom is 0.254 e. The van der Waals surface area contributed by atoms with Gasteiger partial charge in [0.05, 0.1) is 14.2 Å². The number of piperazine rings is 1. The quantitative estimate of drug-likeness (QED) is 0.624. The first-order valence-electron chi connectivity index (χ1n) is 9.30. The summed E-state index contributed by atoms with van der Waals surface area (Å²) in [6.45, 7) is 11.9. The number of rotatable bonds is 9. The minimum atomic E-state index is 0.0402. The van der Waals surface area contributed by atoms with Crippen molar-refractivity contribution in [2.24, 2.45) is 0 Å². The lowest BCUT2D eigenvalue weighted by Gasteiger charge is -2.34. The van der Waals surface area contributed by atoms with E-state index in [-0.39, 0.29) is 5.91 Å². The van der Waals surface area contributed by atoms with Crippen LogP contribution < -0.4 is 9.47 Å². The third kappa shape index (κ3) is 5.73. The number of amides is 1. The van der Waals surface area contributed by atoms with Crippen molar-refractivity contribution in [2.75, 3.05) is 46.9 Å². The lowest BCUT2D eigenvalue weighted by Crippen LogP contribution is -2.48. The fourth-order valence-electron chi connectivity index (χ4n) is 3.24. The van der Waals surface area contributed by atoms with Crippen molar-refractivity contribution >= 4 is 5.91 Å². The molecule has 0 atom stereocenters. The van der Waals surface area contributed by atoms with E-state index in [1.807, 2.05) is 17.1 Å². The number of carbonyl (C=O) groups excluding carboxylic acids is 1. The molecule has 5 nitrogen and oxygen atoms in total. The Morgan fingerprint density at radius 3 is 2.41 bits per heavy atom. The summed E-state index contributed by atoms with van der Waals surface area (Å²) in [5, 5.41) is 0. The standard InChI is InChI=1S/C22H30N2O3/c1-5-8-18(6-2)9-7-12-23-13-15-24(16-14-23)22(25)19-10-11-20(26-3)21(17-19)27-4/h5-6,8,10-11,17H,1-2,7,9,12-16H2,3-4H3/b18-8+. The van der Waals surface area contributed by atoms with Gasteiger partial charge in [-0.05, 0) is 43.2 Å². The molecule has 0 aliphatic carbocycles. The molecule has 1 aromatic carbocycles. The maximum atomic E-state index is 12.8. The molecule has 1 aliphatic rings. The molecule has 146 valence electrons. The first kappa shape index (κ1) is 20.8. The summed E-state index contributed by atoms with van der Waals surface area (Å²) in [6, 6.07) is 5.31. The van der Waals surface area contributed by atoms with Gasteiger partial charge in [-0.3, -0.25) is 9.69 Å². The number of carbonyl (C=O) groups is 1. The van der Waals surface area contributed by atoms with Crippen molar-refractivity contribution < 1.29 is 14.3 Å². The summed E-state index contributed by atoms with van der Waals surface area (Å²) in [5.74, 6) is 1.24. The average molecular weight is 370 g/mol. The lowest BCUT2D eigenvalue weighted by molar-refractivity contribution is 0.0636. The summed E-state index contributed by atoms with van der Waals surface area (Å²) >= 11 is 0. The van der Waals surface area contributed by atoms with Crippen molar-refractivity contribution in [3.05, 3.63) is 60.7 Å². The Balaban J connectivity index is 1.84. The fourth-order valence-corrected chi connectivity index (χ4v) is 3.24. The minimum Gasteiger partial charge on any atom is -0.493 e. The van der Waals surface area contributed by atoms with Gasteiger partial charge in [0.2, 0.25) is 0 Å². The van der Waals surface area contributed by atoms with Crippen molar-refractivity contribution in [3.63, 3.8) is 0 Å². The van der Waals surface area contributed by atoms with E-state index in [1.165, 1.54) is 5.57 Å². The number of hydrogen-bond acceptors (Lipinski definition) is 4. The second kappa shape index (κ2) is 10.6. The van der Waals surface area contributed by atoms with Gasteiger partial charge in [-0.25, -0.2) is 0 Å². The summed E-state index contributed by atoms with van der Waals surface area (Å²) in [4.78, 5) is 17.1. The summed E-state index contributed by atoms with van der Waals surface area (Å²) in [5.41, 5.74) is 1.85. The van der Waals surface area contributed by atoms with E-state index in [4.69, 9.17) is 9.47 Å². The van der Waals surface area contributed by atoms with Gasteiger partial charge in [0.25, 0.3) is 5.91 Å². The monoisotopic (exact) mass is 370 g/mol. The van der Waals surface area contributed by atoms with E-state index in [9.17, 15) is 4.79 Å². The van der Waals surface area contributed by atoms with E-state index in [0.29, 0.717) is 17.1 Å². The Morgan fingerprint density at radius 2 is 1.81 bits per heavy atom. The van der Waals surface area contributed by atoms with Crippen molar-refractivity contribution in [2.45, 2.75) is 12.8 Å². The normalized spacial score (nSPS) is 15.3. The van der Waals surface area contributed by atoms with Gasteiger partial charge in [0.1, 0.15) is 0 Å². The molecule has 1 aromatic rings. The highest BCUT2D eigenvalue weighted by Crippen LogP contribution is 2.28. The Kier molecular flexibility index (Phi) is 8.14. The van der Waals surface area contributed by atoms with Crippen LogP contribution in [0.1, 0.15) is 23.2 Å². The van der Waals surface area contributed by atoms with E-state index in [1.54, 1.807) is 38.5 Å². The molecular formula is C22H30N2O3. The molecule has 0 N–H and O–H groups in total. The van der Waals surface area contributed by atoms with Crippen LogP contribution in [-0.4, -0.2) is 62.7 Å². The molecule has 0 bridgehead atoms. The molecule has 2 rings (SSSR count). The number of benzene rings is 1. The van der Waals surface area contributed by atoms with E-state index in [2.05, 4.69) is 18.1 Å². The Hall–Kier alpha value is -2.53. The number of methoxy groups -OCH3 is 2. The number of ether oxygens (including phenoxy) is 2. The molecule has 5 heteroatoms. The highest BCUT2D eigenvalue weighted by atomic mass is 16.5. The van der Waals surface area contributed by atoms with Crippen molar-refractivity contribution in [1.29, 1.82) is 0 Å². The minimum absolute atomic E-state index is 0.0402. The molecule has 0 unspecified atom stereocenters. The van der Waals surface area contributed by atoms with Crippen LogP contribution in [-0.2, 0) is 0 Å². The molecule has 0 spiro atoms. The van der Waals surface area contributed by atoms with Crippen molar-refractivity contribution in [3.8, 4) is 11.5 Å². The van der Waals surface area contributed by atoms with Crippen LogP contribution in [0.3, 0.4) is 0 Å². The molecule has 1 aliphatic heterocycles. The molecule has 27 heavy (non-hydrogen) atoms. The lowest BCUT2D eigenvalue weighted by atomic mass is 10.1. The van der Waals surface area contributed by atoms with Gasteiger partial charge in [0.15, 0.2) is 11.5 Å². The van der Waals surface area contributed by atoms with Gasteiger partial charge >= 0.3 is 0 Å². The van der Waals surface area contributed by atoms with Crippen LogP contribution in [0, 0.1) is 0 Å². The summed E-state index contributed by atoms with van der Waals surface area (Å²) < 4.78 is 10.5. The Labute approximate surface area is 162 Å². The number of allylic oxidation sites excluding steroid dienone is 4. The average Bonchev–Trinajstić information content (AvgIpc) is 2.72. The second-order valence-electron chi connectivity index (χ2n) is 6.49. The summed E-state index contributed by atoms with van der Waals surface area (Å²) in [7, 11) is 3.16. The fraction of sp³-hybridized carbons (Fsp3) is 0.409. The molecule has 0 saturated carbocycles. The number of hydrogen-bond donors (Lipinski definition) is 0. The molecule has 0 aromatic heterocycles. The first-order chi connectivity index (χ1) is 13.1. The van der Waals surface area contributed by atoms with E-state index >= 15 is 0 Å². The largest absolute Gasteiger partial charge is 0.493 e. The molecule has 1 amide bonds. The topological polar surface area (TPSA) is 42.0 Å². The predicted octanol–water partition coefficient (Wildman–Crippen LogP) is 3.54. The van der Waals surface area contributed by atoms with Gasteiger partial charge in [0, 0.05) is 31.7 Å². The highest BCUT2D eigenvalue weighted by Gasteiger charge is 2.22. The smallest absolute Gasteiger partial charge is 0.254 e. The Morgan fingerprint density at radius 1 is 1.11 bits per heavy atom. The zero-order valence-corrected chi connectivity index (χ0v) is 16.4. The van der Waals surface area contributed by atoms with E-state index < -0.39 is 0 Å². The molecule has 1 fully saturated rings. The zero-order valence-electron chi connectivity index (χ0n) is 16.4. The van der Waals surface area contributed by atoms with E-state index in [0.717, 1.165) is 45.6 Å². The van der Waals surface area contributed by atoms with Crippen LogP contribution in [0.2, 0.25) is 0 Å². The maximum absolute atomic E-state index is 12.8. The van der Waals surface area contributed by atoms with Crippen LogP contribution in [0.4, 0.5) is 0 Å². The molecular weight excluding hydrogens is 340 g/mol. The molecule has 1 saturated heterocycles. The van der Waals surface area contributed by atoms with Gasteiger partial charge in [-0.2, -0.15) is 0 Å². The summed E-state index contributed by atoms with van der Waals surface area (Å²) in [6.07, 6.45) is 7.78. The zero-order chi connectivity index (χ0) is 19.6. The number of nitrogens with zero attached hydrogens (tertiary/aromatic N) is 2. The van der Waals surface area contributed by atoms with Crippen LogP contribution in [0.15, 0.2) is 55.2 Å². The third-order valence-electron chi connectivity index (χ3n) is 4.82. The van der Waals surface area contributed by atoms with Gasteiger partial charge in [-0.15, -0.1) is 0 Å². The van der Waals surface area contributed by atoms with Gasteiger partial charge < -0.3 is 14.4 Å². The third-order valence-corrected chi connectivity index (χ3v) is 4.82. The van der Waals surface area contributed by atoms with Crippen LogP contribution >= 0.6 is 0 Å². The molecule has 1 heterocycles. The van der Waals surface area contributed by atoms with Crippen LogP contribution in [0.25, 0.3) is 0 Å². The van der Waals surface area contributed by atoms with Gasteiger partial charge in [-0.1, -0.05) is 31.4 Å². The second-order valence-corrected chi connectivity index (χ2v) is 6.49. The Bertz CT molecular complexity index is 689. The van der Waals surface area contributed by atoms with Crippen molar-refractivity contribution in [1.82, 2.24) is 9.80 Å². The predicted molar refractivity (Wildman–Crippen MR) is 110 cm³/mol. The highest BCUT2D eigenvalue weighted by molar-refractivity contribution is 5.95. The molecule has 0 radical (unpaired) electrons. The SMILES string of the molecule is C=C/C=C(\C=C)CCCN1CCN(C(=O)c2ccc(OC)c(OC)c2)CC1. The first-order valence-corrected chi connectivity index (χ1v) is 9.30. The van der Waals surface area contributed by atoms with Crippen LogP contribution in [0.5, 0.6) is 11.5 Å².